The maximum atomic E-state index is 14.8. The van der Waals surface area contributed by atoms with Crippen LogP contribution in [0.4, 0.5) is 37.7 Å². The van der Waals surface area contributed by atoms with Gasteiger partial charge in [0.15, 0.2) is 0 Å². The number of alkyl halides is 6. The van der Waals surface area contributed by atoms with Gasteiger partial charge in [-0.1, -0.05) is 69.0 Å². The molecular formula is C45H46F6N2O2. The second-order valence-corrected chi connectivity index (χ2v) is 14.5. The van der Waals surface area contributed by atoms with E-state index in [0.717, 1.165) is 30.5 Å². The lowest BCUT2D eigenvalue weighted by atomic mass is 9.62. The largest absolute Gasteiger partial charge is 0.457 e. The van der Waals surface area contributed by atoms with Gasteiger partial charge in [-0.15, -0.1) is 0 Å². The van der Waals surface area contributed by atoms with Crippen molar-refractivity contribution in [2.24, 2.45) is 0 Å². The lowest BCUT2D eigenvalue weighted by molar-refractivity contribution is -0.139. The summed E-state index contributed by atoms with van der Waals surface area (Å²) in [5.74, 6) is -0.414. The van der Waals surface area contributed by atoms with E-state index in [1.165, 1.54) is 91.9 Å². The van der Waals surface area contributed by atoms with Crippen LogP contribution in [0.2, 0.25) is 0 Å². The predicted octanol–water partition coefficient (Wildman–Crippen LogP) is 13.6. The highest BCUT2D eigenvalue weighted by molar-refractivity contribution is 5.53. The number of rotatable bonds is 13. The average Bonchev–Trinajstić information content (AvgIpc) is 3.16. The highest BCUT2D eigenvalue weighted by Crippen LogP contribution is 2.52. The molecule has 4 N–H and O–H groups in total. The van der Waals surface area contributed by atoms with Gasteiger partial charge in [-0.05, 0) is 139 Å². The molecule has 1 fully saturated rings. The number of aryl methyl sites for hydroxylation is 1. The molecule has 0 spiro atoms. The van der Waals surface area contributed by atoms with E-state index in [9.17, 15) is 26.3 Å². The molecule has 1 aliphatic rings. The summed E-state index contributed by atoms with van der Waals surface area (Å²) in [6.45, 7) is 2.19. The van der Waals surface area contributed by atoms with E-state index >= 15 is 0 Å². The molecule has 0 aromatic heterocycles. The van der Waals surface area contributed by atoms with Crippen molar-refractivity contribution in [3.05, 3.63) is 143 Å². The monoisotopic (exact) mass is 760 g/mol. The smallest absolute Gasteiger partial charge is 0.419 e. The molecule has 290 valence electrons. The zero-order chi connectivity index (χ0) is 39.2. The van der Waals surface area contributed by atoms with Crippen LogP contribution in [0, 0.1) is 0 Å². The molecule has 0 amide bonds. The van der Waals surface area contributed by atoms with Gasteiger partial charge in [-0.2, -0.15) is 26.3 Å². The van der Waals surface area contributed by atoms with Crippen molar-refractivity contribution in [2.45, 2.75) is 94.8 Å². The number of hydrogen-bond acceptors (Lipinski definition) is 4. The number of unbranched alkanes of at least 4 members (excludes halogenated alkanes) is 4. The summed E-state index contributed by atoms with van der Waals surface area (Å²) < 4.78 is 100. The van der Waals surface area contributed by atoms with Crippen molar-refractivity contribution >= 4 is 11.4 Å². The van der Waals surface area contributed by atoms with Crippen LogP contribution in [0.3, 0.4) is 0 Å². The first-order valence-electron chi connectivity index (χ1n) is 18.8. The van der Waals surface area contributed by atoms with Crippen LogP contribution in [-0.4, -0.2) is 0 Å². The van der Waals surface area contributed by atoms with Gasteiger partial charge in [0.05, 0.1) is 11.1 Å². The van der Waals surface area contributed by atoms with E-state index in [4.69, 9.17) is 20.9 Å². The Hall–Kier alpha value is -5.12. The van der Waals surface area contributed by atoms with Gasteiger partial charge in [0, 0.05) is 16.8 Å². The summed E-state index contributed by atoms with van der Waals surface area (Å²) in [6.07, 6.45) is -0.900. The summed E-state index contributed by atoms with van der Waals surface area (Å²) in [5, 5.41) is 0. The van der Waals surface area contributed by atoms with Crippen LogP contribution >= 0.6 is 0 Å². The van der Waals surface area contributed by atoms with Crippen LogP contribution < -0.4 is 20.9 Å². The molecule has 0 heterocycles. The van der Waals surface area contributed by atoms with E-state index in [-0.39, 0.29) is 28.5 Å². The normalized spacial score (nSPS) is 14.8. The maximum Gasteiger partial charge on any atom is 0.419 e. The topological polar surface area (TPSA) is 70.5 Å². The molecule has 4 nitrogen and oxygen atoms in total. The van der Waals surface area contributed by atoms with Gasteiger partial charge >= 0.3 is 12.4 Å². The van der Waals surface area contributed by atoms with Crippen LogP contribution in [0.1, 0.15) is 104 Å². The molecule has 0 radical (unpaired) electrons. The molecule has 1 saturated carbocycles. The Labute approximate surface area is 318 Å². The number of nitrogens with two attached hydrogens (primary N) is 2. The zero-order valence-corrected chi connectivity index (χ0v) is 30.8. The Morgan fingerprint density at radius 3 is 1.47 bits per heavy atom. The molecular weight excluding hydrogens is 714 g/mol. The molecule has 55 heavy (non-hydrogen) atoms. The maximum absolute atomic E-state index is 14.8. The second kappa shape index (κ2) is 16.7. The van der Waals surface area contributed by atoms with Gasteiger partial charge in [0.1, 0.15) is 23.0 Å². The first-order chi connectivity index (χ1) is 26.2. The van der Waals surface area contributed by atoms with Gasteiger partial charge in [-0.3, -0.25) is 0 Å². The van der Waals surface area contributed by atoms with Crippen molar-refractivity contribution in [1.82, 2.24) is 0 Å². The van der Waals surface area contributed by atoms with Crippen LogP contribution in [0.25, 0.3) is 0 Å². The quantitative estimate of drug-likeness (QED) is 0.0712. The average molecular weight is 761 g/mol. The van der Waals surface area contributed by atoms with Gasteiger partial charge in [0.25, 0.3) is 0 Å². The highest BCUT2D eigenvalue weighted by atomic mass is 19.4. The minimum absolute atomic E-state index is 0.0946. The van der Waals surface area contributed by atoms with E-state index < -0.39 is 40.4 Å². The zero-order valence-electron chi connectivity index (χ0n) is 30.8. The molecule has 0 unspecified atom stereocenters. The van der Waals surface area contributed by atoms with Crippen LogP contribution in [-0.2, 0) is 24.2 Å². The molecule has 10 heteroatoms. The van der Waals surface area contributed by atoms with Crippen molar-refractivity contribution in [3.63, 3.8) is 0 Å². The highest BCUT2D eigenvalue weighted by Gasteiger charge is 2.44. The lowest BCUT2D eigenvalue weighted by Gasteiger charge is -2.42. The van der Waals surface area contributed by atoms with Crippen molar-refractivity contribution < 1.29 is 35.8 Å². The van der Waals surface area contributed by atoms with Crippen molar-refractivity contribution in [1.29, 1.82) is 0 Å². The predicted molar refractivity (Wildman–Crippen MR) is 206 cm³/mol. The molecule has 5 aromatic carbocycles. The summed E-state index contributed by atoms with van der Waals surface area (Å²) >= 11 is 0. The van der Waals surface area contributed by atoms with Crippen molar-refractivity contribution in [2.75, 3.05) is 11.5 Å². The Kier molecular flexibility index (Phi) is 12.0. The standard InChI is InChI=1S/C45H46F6N2O2/c1-2-3-4-5-6-7-30-8-10-31(11-9-30)32-24-26-43(27-25-32,33-12-22-41(39(28-33)44(46,47)48)54-37-18-14-35(52)15-19-37)34-13-23-42(40(29-34)45(49,50)51)55-38-20-16-36(53)17-21-38/h8-23,28-29,32H,2-7,24-27,52-53H2,1H3. The van der Waals surface area contributed by atoms with Crippen LogP contribution in [0.15, 0.2) is 109 Å². The first kappa shape index (κ1) is 39.6. The van der Waals surface area contributed by atoms with Crippen molar-refractivity contribution in [3.8, 4) is 23.0 Å². The van der Waals surface area contributed by atoms with Crippen LogP contribution in [0.5, 0.6) is 23.0 Å². The third-order valence-corrected chi connectivity index (χ3v) is 10.8. The second-order valence-electron chi connectivity index (χ2n) is 14.5. The van der Waals surface area contributed by atoms with E-state index in [1.807, 2.05) is 0 Å². The number of anilines is 2. The molecule has 0 bridgehead atoms. The van der Waals surface area contributed by atoms with E-state index in [0.29, 0.717) is 37.1 Å². The molecule has 6 rings (SSSR count). The fourth-order valence-electron chi connectivity index (χ4n) is 7.68. The van der Waals surface area contributed by atoms with E-state index in [2.05, 4.69) is 31.2 Å². The number of ether oxygens (including phenoxy) is 2. The minimum atomic E-state index is -4.82. The Morgan fingerprint density at radius 2 is 1.04 bits per heavy atom. The third kappa shape index (κ3) is 9.58. The lowest BCUT2D eigenvalue weighted by Crippen LogP contribution is -2.33. The third-order valence-electron chi connectivity index (χ3n) is 10.8. The number of benzene rings is 5. The summed E-state index contributed by atoms with van der Waals surface area (Å²) in [7, 11) is 0. The fourth-order valence-corrected chi connectivity index (χ4v) is 7.68. The van der Waals surface area contributed by atoms with Gasteiger partial charge < -0.3 is 20.9 Å². The molecule has 0 atom stereocenters. The SMILES string of the molecule is CCCCCCCc1ccc(C2CCC(c3ccc(Oc4ccc(N)cc4)c(C(F)(F)F)c3)(c3ccc(Oc4ccc(N)cc4)c(C(F)(F)F)c3)CC2)cc1. The molecule has 0 aliphatic heterocycles. The Balaban J connectivity index is 1.36. The van der Waals surface area contributed by atoms with E-state index in [1.54, 1.807) is 12.1 Å². The summed E-state index contributed by atoms with van der Waals surface area (Å²) in [6, 6.07) is 28.2. The minimum Gasteiger partial charge on any atom is -0.457 e. The fraction of sp³-hybridized carbons (Fsp3) is 0.333. The Bertz CT molecular complexity index is 1910. The number of hydrogen-bond donors (Lipinski definition) is 2. The summed E-state index contributed by atoms with van der Waals surface area (Å²) in [5.41, 5.74) is 12.0. The van der Waals surface area contributed by atoms with Gasteiger partial charge in [0.2, 0.25) is 0 Å². The number of nitrogen functional groups attached to an aromatic ring is 2. The molecule has 5 aromatic rings. The summed E-state index contributed by atoms with van der Waals surface area (Å²) in [4.78, 5) is 0. The molecule has 1 aliphatic carbocycles. The van der Waals surface area contributed by atoms with Gasteiger partial charge in [-0.25, -0.2) is 0 Å². The number of halogens is 6. The molecule has 0 saturated heterocycles. The first-order valence-corrected chi connectivity index (χ1v) is 18.8. The Morgan fingerprint density at radius 1 is 0.582 bits per heavy atom.